The molecule has 0 aliphatic rings. The fourth-order valence-corrected chi connectivity index (χ4v) is 4.91. The first-order chi connectivity index (χ1) is 12.6. The van der Waals surface area contributed by atoms with Crippen LogP contribution in [0.2, 0.25) is 0 Å². The summed E-state index contributed by atoms with van der Waals surface area (Å²) in [6.07, 6.45) is 2.30. The smallest absolute Gasteiger partial charge is 0.178 e. The molecule has 4 aromatic rings. The summed E-state index contributed by atoms with van der Waals surface area (Å²) >= 11 is 1.60. The number of thiazole rings is 1. The zero-order chi connectivity index (χ0) is 18.1. The maximum absolute atomic E-state index is 12.4. The Kier molecular flexibility index (Phi) is 4.34. The van der Waals surface area contributed by atoms with Crippen LogP contribution in [-0.2, 0) is 9.84 Å². The van der Waals surface area contributed by atoms with Gasteiger partial charge < -0.3 is 5.32 Å². The van der Waals surface area contributed by atoms with E-state index in [0.717, 1.165) is 32.5 Å². The minimum absolute atomic E-state index is 0.141. The minimum Gasteiger partial charge on any atom is -0.355 e. The molecule has 0 unspecified atom stereocenters. The van der Waals surface area contributed by atoms with Crippen molar-refractivity contribution in [1.29, 1.82) is 0 Å². The van der Waals surface area contributed by atoms with Crippen molar-refractivity contribution in [3.05, 3.63) is 54.2 Å². The second kappa shape index (κ2) is 6.66. The number of hydrogen-bond donors (Lipinski definition) is 1. The van der Waals surface area contributed by atoms with Crippen LogP contribution in [-0.4, -0.2) is 24.1 Å². The van der Waals surface area contributed by atoms with Crippen molar-refractivity contribution in [2.45, 2.75) is 18.2 Å². The minimum atomic E-state index is -3.28. The van der Waals surface area contributed by atoms with Crippen molar-refractivity contribution in [3.63, 3.8) is 0 Å². The van der Waals surface area contributed by atoms with Gasteiger partial charge in [-0.2, -0.15) is 0 Å². The number of benzene rings is 2. The zero-order valence-electron chi connectivity index (χ0n) is 14.1. The molecule has 2 aromatic carbocycles. The number of rotatable bonds is 5. The van der Waals surface area contributed by atoms with Crippen molar-refractivity contribution in [2.24, 2.45) is 0 Å². The van der Waals surface area contributed by atoms with Crippen LogP contribution in [0, 0.1) is 0 Å². The van der Waals surface area contributed by atoms with Gasteiger partial charge in [0.1, 0.15) is 0 Å². The highest BCUT2D eigenvalue weighted by molar-refractivity contribution is 7.91. The third-order valence-electron chi connectivity index (χ3n) is 4.15. The summed E-state index contributed by atoms with van der Waals surface area (Å²) in [5.74, 6) is 0.141. The highest BCUT2D eigenvalue weighted by atomic mass is 32.2. The molecule has 0 bridgehead atoms. The van der Waals surface area contributed by atoms with E-state index in [9.17, 15) is 8.42 Å². The van der Waals surface area contributed by atoms with E-state index in [2.05, 4.69) is 15.3 Å². The Labute approximate surface area is 155 Å². The van der Waals surface area contributed by atoms with Crippen LogP contribution in [0.4, 0.5) is 11.4 Å². The van der Waals surface area contributed by atoms with E-state index in [-0.39, 0.29) is 5.75 Å². The molecule has 7 heteroatoms. The van der Waals surface area contributed by atoms with Crippen LogP contribution in [0.25, 0.3) is 21.1 Å². The van der Waals surface area contributed by atoms with Crippen molar-refractivity contribution < 1.29 is 8.42 Å². The second-order valence-corrected chi connectivity index (χ2v) is 9.01. The second-order valence-electron chi connectivity index (χ2n) is 6.02. The molecule has 4 rings (SSSR count). The summed E-state index contributed by atoms with van der Waals surface area (Å²) in [5, 5.41) is 4.15. The van der Waals surface area contributed by atoms with Gasteiger partial charge in [0.2, 0.25) is 0 Å². The van der Waals surface area contributed by atoms with Gasteiger partial charge in [-0.1, -0.05) is 6.92 Å². The van der Waals surface area contributed by atoms with Gasteiger partial charge in [0, 0.05) is 23.0 Å². The summed E-state index contributed by atoms with van der Waals surface area (Å²) in [5.41, 5.74) is 5.22. The molecular weight excluding hydrogens is 366 g/mol. The molecule has 5 nitrogen and oxygen atoms in total. The number of pyridine rings is 1. The van der Waals surface area contributed by atoms with Gasteiger partial charge in [0.25, 0.3) is 0 Å². The van der Waals surface area contributed by atoms with Crippen molar-refractivity contribution in [1.82, 2.24) is 9.97 Å². The Morgan fingerprint density at radius 3 is 2.77 bits per heavy atom. The van der Waals surface area contributed by atoms with Gasteiger partial charge >= 0.3 is 0 Å². The first kappa shape index (κ1) is 16.9. The Morgan fingerprint density at radius 2 is 1.92 bits per heavy atom. The summed E-state index contributed by atoms with van der Waals surface area (Å²) < 4.78 is 26.0. The molecule has 0 saturated heterocycles. The number of nitrogens with one attached hydrogen (secondary N) is 1. The molecular formula is C19H17N3O2S2. The van der Waals surface area contributed by atoms with Gasteiger partial charge in [0.05, 0.1) is 31.9 Å². The van der Waals surface area contributed by atoms with E-state index in [1.165, 1.54) is 0 Å². The van der Waals surface area contributed by atoms with Crippen LogP contribution in [0.3, 0.4) is 0 Å². The largest absolute Gasteiger partial charge is 0.355 e. The fraction of sp³-hybridized carbons (Fsp3) is 0.158. The molecule has 2 heterocycles. The predicted molar refractivity (Wildman–Crippen MR) is 107 cm³/mol. The van der Waals surface area contributed by atoms with E-state index in [4.69, 9.17) is 0 Å². The van der Waals surface area contributed by atoms with Crippen LogP contribution in [0.1, 0.15) is 13.3 Å². The van der Waals surface area contributed by atoms with Gasteiger partial charge in [-0.05, 0) is 48.9 Å². The number of nitrogens with zero attached hydrogens (tertiary/aromatic N) is 2. The van der Waals surface area contributed by atoms with E-state index in [0.29, 0.717) is 11.3 Å². The van der Waals surface area contributed by atoms with Crippen molar-refractivity contribution in [2.75, 3.05) is 11.1 Å². The quantitative estimate of drug-likeness (QED) is 0.537. The molecule has 0 saturated carbocycles. The standard InChI is InChI=1S/C19H17N3O2S2/c1-2-9-26(23,24)14-4-5-16-15(11-14)17(7-8-20-16)22-13-3-6-19-18(10-13)21-12-25-19/h3-8,10-12H,2,9H2,1H3,(H,20,22). The Hall–Kier alpha value is -2.51. The molecule has 0 fully saturated rings. The van der Waals surface area contributed by atoms with E-state index < -0.39 is 9.84 Å². The molecule has 1 N–H and O–H groups in total. The lowest BCUT2D eigenvalue weighted by Crippen LogP contribution is -2.06. The van der Waals surface area contributed by atoms with Crippen LogP contribution in [0.5, 0.6) is 0 Å². The number of aromatic nitrogens is 2. The molecule has 0 aliphatic heterocycles. The highest BCUT2D eigenvalue weighted by Crippen LogP contribution is 2.29. The molecule has 26 heavy (non-hydrogen) atoms. The van der Waals surface area contributed by atoms with Crippen LogP contribution >= 0.6 is 11.3 Å². The molecule has 0 radical (unpaired) electrons. The summed E-state index contributed by atoms with van der Waals surface area (Å²) in [4.78, 5) is 9.02. The SMILES string of the molecule is CCCS(=O)(=O)c1ccc2nccc(Nc3ccc4scnc4c3)c2c1. The third-order valence-corrected chi connectivity index (χ3v) is 6.88. The number of sulfone groups is 1. The normalized spacial score (nSPS) is 11.9. The Bertz CT molecular complexity index is 1200. The monoisotopic (exact) mass is 383 g/mol. The number of hydrogen-bond acceptors (Lipinski definition) is 6. The van der Waals surface area contributed by atoms with E-state index >= 15 is 0 Å². The van der Waals surface area contributed by atoms with Gasteiger partial charge in [-0.3, -0.25) is 4.98 Å². The third kappa shape index (κ3) is 3.15. The predicted octanol–water partition coefficient (Wildman–Crippen LogP) is 4.77. The highest BCUT2D eigenvalue weighted by Gasteiger charge is 2.15. The lowest BCUT2D eigenvalue weighted by atomic mass is 10.2. The molecule has 2 aromatic heterocycles. The Morgan fingerprint density at radius 1 is 1.04 bits per heavy atom. The first-order valence-corrected chi connectivity index (χ1v) is 10.8. The maximum atomic E-state index is 12.4. The first-order valence-electron chi connectivity index (χ1n) is 8.28. The van der Waals surface area contributed by atoms with Crippen LogP contribution < -0.4 is 5.32 Å². The van der Waals surface area contributed by atoms with Gasteiger partial charge in [-0.15, -0.1) is 11.3 Å². The average Bonchev–Trinajstić information content (AvgIpc) is 3.09. The number of anilines is 2. The molecule has 0 spiro atoms. The van der Waals surface area contributed by atoms with E-state index in [1.54, 1.807) is 35.7 Å². The molecule has 0 aliphatic carbocycles. The molecule has 0 amide bonds. The lowest BCUT2D eigenvalue weighted by Gasteiger charge is -2.11. The fourth-order valence-electron chi connectivity index (χ4n) is 2.91. The Balaban J connectivity index is 1.78. The zero-order valence-corrected chi connectivity index (χ0v) is 15.8. The van der Waals surface area contributed by atoms with Gasteiger partial charge in [0.15, 0.2) is 9.84 Å². The summed E-state index contributed by atoms with van der Waals surface area (Å²) in [6.45, 7) is 1.86. The van der Waals surface area contributed by atoms with E-state index in [1.807, 2.05) is 36.7 Å². The van der Waals surface area contributed by atoms with Crippen molar-refractivity contribution >= 4 is 53.7 Å². The maximum Gasteiger partial charge on any atom is 0.178 e. The topological polar surface area (TPSA) is 72.0 Å². The molecule has 0 atom stereocenters. The van der Waals surface area contributed by atoms with Crippen LogP contribution in [0.15, 0.2) is 59.1 Å². The summed E-state index contributed by atoms with van der Waals surface area (Å²) in [7, 11) is -3.28. The summed E-state index contributed by atoms with van der Waals surface area (Å²) in [6, 6.07) is 12.9. The van der Waals surface area contributed by atoms with Crippen molar-refractivity contribution in [3.8, 4) is 0 Å². The average molecular weight is 383 g/mol. The van der Waals surface area contributed by atoms with Gasteiger partial charge in [-0.25, -0.2) is 13.4 Å². The number of fused-ring (bicyclic) bond motifs is 2. The lowest BCUT2D eigenvalue weighted by molar-refractivity contribution is 0.595. The molecule has 132 valence electrons.